The highest BCUT2D eigenvalue weighted by molar-refractivity contribution is 7.91. The number of rotatable bonds is 2. The Kier molecular flexibility index (Phi) is 4.49. The van der Waals surface area contributed by atoms with Crippen molar-refractivity contribution in [2.24, 2.45) is 0 Å². The predicted molar refractivity (Wildman–Crippen MR) is 98.5 cm³/mol. The van der Waals surface area contributed by atoms with Crippen LogP contribution in [0.25, 0.3) is 0 Å². The molecule has 0 amide bonds. The first kappa shape index (κ1) is 17.5. The van der Waals surface area contributed by atoms with Crippen LogP contribution in [0.1, 0.15) is 35.6 Å². The summed E-state index contributed by atoms with van der Waals surface area (Å²) in [5.74, 6) is -0.407. The van der Waals surface area contributed by atoms with Crippen LogP contribution in [0.15, 0.2) is 47.4 Å². The fourth-order valence-corrected chi connectivity index (χ4v) is 6.09. The molecular formula is C20H22FNO3S. The number of anilines is 1. The van der Waals surface area contributed by atoms with Gasteiger partial charge >= 0.3 is 0 Å². The number of hydrogen-bond acceptors (Lipinski definition) is 4. The number of hydrogen-bond donors (Lipinski definition) is 1. The molecular weight excluding hydrogens is 353 g/mol. The van der Waals surface area contributed by atoms with Gasteiger partial charge < -0.3 is 10.0 Å². The molecule has 2 aromatic rings. The second kappa shape index (κ2) is 6.67. The van der Waals surface area contributed by atoms with Crippen molar-refractivity contribution in [1.82, 2.24) is 0 Å². The second-order valence-corrected chi connectivity index (χ2v) is 9.26. The lowest BCUT2D eigenvalue weighted by Gasteiger charge is -2.20. The van der Waals surface area contributed by atoms with Gasteiger partial charge in [0.05, 0.1) is 16.2 Å². The molecule has 0 aliphatic carbocycles. The highest BCUT2D eigenvalue weighted by Crippen LogP contribution is 2.39. The van der Waals surface area contributed by atoms with Crippen LogP contribution in [0.5, 0.6) is 0 Å². The van der Waals surface area contributed by atoms with E-state index < -0.39 is 27.0 Å². The van der Waals surface area contributed by atoms with Crippen molar-refractivity contribution < 1.29 is 17.9 Å². The SMILES string of the molecule is O=S1(=O)c2ccc(N3CCCC3)cc2CC(O)CC1c1ccc(F)cc1. The lowest BCUT2D eigenvalue weighted by Crippen LogP contribution is -2.18. The molecule has 0 saturated carbocycles. The zero-order chi connectivity index (χ0) is 18.3. The zero-order valence-corrected chi connectivity index (χ0v) is 15.3. The first-order valence-corrected chi connectivity index (χ1v) is 10.5. The fourth-order valence-electron chi connectivity index (χ4n) is 4.03. The molecule has 0 radical (unpaired) electrons. The van der Waals surface area contributed by atoms with Crippen molar-refractivity contribution in [2.75, 3.05) is 18.0 Å². The summed E-state index contributed by atoms with van der Waals surface area (Å²) in [5, 5.41) is 9.59. The second-order valence-electron chi connectivity index (χ2n) is 7.17. The van der Waals surface area contributed by atoms with Crippen LogP contribution in [0.2, 0.25) is 0 Å². The third kappa shape index (κ3) is 3.12. The number of halogens is 1. The van der Waals surface area contributed by atoms with Gasteiger partial charge in [-0.3, -0.25) is 0 Å². The van der Waals surface area contributed by atoms with Crippen LogP contribution in [-0.2, 0) is 16.3 Å². The molecule has 0 aromatic heterocycles. The average Bonchev–Trinajstić information content (AvgIpc) is 3.12. The monoisotopic (exact) mass is 375 g/mol. The van der Waals surface area contributed by atoms with E-state index in [1.807, 2.05) is 12.1 Å². The maximum absolute atomic E-state index is 13.3. The van der Waals surface area contributed by atoms with Gasteiger partial charge in [-0.15, -0.1) is 0 Å². The molecule has 26 heavy (non-hydrogen) atoms. The number of nitrogens with zero attached hydrogens (tertiary/aromatic N) is 1. The molecule has 2 aromatic carbocycles. The maximum Gasteiger partial charge on any atom is 0.185 e. The summed E-state index contributed by atoms with van der Waals surface area (Å²) in [5.41, 5.74) is 2.21. The first-order chi connectivity index (χ1) is 12.4. The van der Waals surface area contributed by atoms with Crippen molar-refractivity contribution >= 4 is 15.5 Å². The van der Waals surface area contributed by atoms with Crippen LogP contribution >= 0.6 is 0 Å². The van der Waals surface area contributed by atoms with Crippen LogP contribution in [0.4, 0.5) is 10.1 Å². The summed E-state index contributed by atoms with van der Waals surface area (Å²) in [6.07, 6.45) is 1.96. The van der Waals surface area contributed by atoms with Crippen molar-refractivity contribution in [3.05, 3.63) is 59.4 Å². The quantitative estimate of drug-likeness (QED) is 0.875. The normalized spacial score (nSPS) is 24.9. The minimum atomic E-state index is -3.66. The average molecular weight is 375 g/mol. The number of aliphatic hydroxyl groups is 1. The molecule has 2 heterocycles. The third-order valence-corrected chi connectivity index (χ3v) is 7.60. The Morgan fingerprint density at radius 3 is 2.42 bits per heavy atom. The van der Waals surface area contributed by atoms with Gasteiger partial charge in [-0.05, 0) is 67.1 Å². The van der Waals surface area contributed by atoms with E-state index in [2.05, 4.69) is 4.90 Å². The highest BCUT2D eigenvalue weighted by Gasteiger charge is 2.36. The van der Waals surface area contributed by atoms with Gasteiger partial charge in [0.15, 0.2) is 9.84 Å². The van der Waals surface area contributed by atoms with E-state index >= 15 is 0 Å². The van der Waals surface area contributed by atoms with Crippen molar-refractivity contribution in [1.29, 1.82) is 0 Å². The van der Waals surface area contributed by atoms with Crippen molar-refractivity contribution in [2.45, 2.75) is 41.9 Å². The molecule has 2 atom stereocenters. The summed E-state index contributed by atoms with van der Waals surface area (Å²) >= 11 is 0. The summed E-state index contributed by atoms with van der Waals surface area (Å²) in [7, 11) is -3.66. The van der Waals surface area contributed by atoms with Crippen LogP contribution in [-0.4, -0.2) is 32.7 Å². The fraction of sp³-hybridized carbons (Fsp3) is 0.400. The van der Waals surface area contributed by atoms with Gasteiger partial charge in [0.2, 0.25) is 0 Å². The third-order valence-electron chi connectivity index (χ3n) is 5.38. The molecule has 2 aliphatic heterocycles. The van der Waals surface area contributed by atoms with E-state index in [4.69, 9.17) is 0 Å². The molecule has 4 nitrogen and oxygen atoms in total. The standard InChI is InChI=1S/C20H22FNO3S/c21-16-5-3-14(4-6-16)20-13-18(23)12-15-11-17(22-9-1-2-10-22)7-8-19(15)26(20,24)25/h3-8,11,18,20,23H,1-2,9-10,12-13H2. The topological polar surface area (TPSA) is 57.6 Å². The molecule has 1 fully saturated rings. The molecule has 4 rings (SSSR count). The Labute approximate surface area is 153 Å². The van der Waals surface area contributed by atoms with Crippen molar-refractivity contribution in [3.8, 4) is 0 Å². The Morgan fingerprint density at radius 1 is 1.04 bits per heavy atom. The highest BCUT2D eigenvalue weighted by atomic mass is 32.2. The van der Waals surface area contributed by atoms with E-state index in [1.165, 1.54) is 24.3 Å². The van der Waals surface area contributed by atoms with E-state index in [9.17, 15) is 17.9 Å². The van der Waals surface area contributed by atoms with E-state index in [-0.39, 0.29) is 11.3 Å². The molecule has 6 heteroatoms. The molecule has 0 spiro atoms. The Bertz CT molecular complexity index is 905. The summed E-state index contributed by atoms with van der Waals surface area (Å²) in [4.78, 5) is 2.54. The lowest BCUT2D eigenvalue weighted by atomic mass is 10.0. The molecule has 1 N–H and O–H groups in total. The molecule has 2 aliphatic rings. The smallest absolute Gasteiger partial charge is 0.185 e. The van der Waals surface area contributed by atoms with E-state index in [1.54, 1.807) is 6.07 Å². The summed E-state index contributed by atoms with van der Waals surface area (Å²) < 4.78 is 39.8. The van der Waals surface area contributed by atoms with Gasteiger partial charge in [0.1, 0.15) is 5.82 Å². The van der Waals surface area contributed by atoms with Gasteiger partial charge in [-0.2, -0.15) is 0 Å². The van der Waals surface area contributed by atoms with Gasteiger partial charge in [0.25, 0.3) is 0 Å². The Hall–Kier alpha value is -1.92. The first-order valence-electron chi connectivity index (χ1n) is 9.00. The van der Waals surface area contributed by atoms with Crippen LogP contribution in [0, 0.1) is 5.82 Å². The van der Waals surface area contributed by atoms with Gasteiger partial charge in [-0.1, -0.05) is 12.1 Å². The van der Waals surface area contributed by atoms with Crippen LogP contribution < -0.4 is 4.90 Å². The number of fused-ring (bicyclic) bond motifs is 1. The number of benzene rings is 2. The van der Waals surface area contributed by atoms with Crippen LogP contribution in [0.3, 0.4) is 0 Å². The summed E-state index contributed by atoms with van der Waals surface area (Å²) in [6, 6.07) is 11.0. The largest absolute Gasteiger partial charge is 0.393 e. The van der Waals surface area contributed by atoms with Gasteiger partial charge in [-0.25, -0.2) is 12.8 Å². The maximum atomic E-state index is 13.3. The molecule has 2 unspecified atom stereocenters. The minimum absolute atomic E-state index is 0.113. The minimum Gasteiger partial charge on any atom is -0.393 e. The van der Waals surface area contributed by atoms with E-state index in [0.29, 0.717) is 17.5 Å². The van der Waals surface area contributed by atoms with Gasteiger partial charge in [0, 0.05) is 18.8 Å². The Morgan fingerprint density at radius 2 is 1.73 bits per heavy atom. The predicted octanol–water partition coefficient (Wildman–Crippen LogP) is 3.25. The molecule has 138 valence electrons. The molecule has 1 saturated heterocycles. The zero-order valence-electron chi connectivity index (χ0n) is 14.4. The lowest BCUT2D eigenvalue weighted by molar-refractivity contribution is 0.164. The Balaban J connectivity index is 1.77. The number of sulfone groups is 1. The summed E-state index contributed by atoms with van der Waals surface area (Å²) in [6.45, 7) is 1.96. The molecule has 0 bridgehead atoms. The van der Waals surface area contributed by atoms with Crippen molar-refractivity contribution in [3.63, 3.8) is 0 Å². The number of aliphatic hydroxyl groups excluding tert-OH is 1. The van der Waals surface area contributed by atoms with E-state index in [0.717, 1.165) is 31.6 Å².